The van der Waals surface area contributed by atoms with Crippen molar-refractivity contribution in [1.82, 2.24) is 4.98 Å². The van der Waals surface area contributed by atoms with E-state index in [0.717, 1.165) is 21.7 Å². The number of benzene rings is 3. The Bertz CT molecular complexity index is 1110. The van der Waals surface area contributed by atoms with Crippen LogP contribution in [0.2, 0.25) is 0 Å². The van der Waals surface area contributed by atoms with Crippen LogP contribution in [-0.4, -0.2) is 21.4 Å². The topological polar surface area (TPSA) is 77.7 Å². The van der Waals surface area contributed by atoms with Crippen molar-refractivity contribution in [2.45, 2.75) is 0 Å². The lowest BCUT2D eigenvalue weighted by Crippen LogP contribution is -1.96. The highest BCUT2D eigenvalue weighted by molar-refractivity contribution is 6.10. The maximum Gasteiger partial charge on any atom is 0.158 e. The number of hydrogen-bond acceptors (Lipinski definition) is 5. The van der Waals surface area contributed by atoms with Crippen LogP contribution in [0.4, 0.5) is 5.82 Å². The number of aromatic nitrogens is 1. The number of phenolic OH excluding ortho intramolecular Hbond substituents is 2. The Labute approximate surface area is 143 Å². The number of hydrazone groups is 1. The van der Waals surface area contributed by atoms with Crippen LogP contribution >= 0.6 is 0 Å². The molecule has 0 aliphatic carbocycles. The molecular formula is C20H15N3O2. The fourth-order valence-electron chi connectivity index (χ4n) is 2.78. The van der Waals surface area contributed by atoms with Crippen molar-refractivity contribution in [2.75, 3.05) is 5.43 Å². The summed E-state index contributed by atoms with van der Waals surface area (Å²) < 4.78 is 0. The summed E-state index contributed by atoms with van der Waals surface area (Å²) in [7, 11) is 0. The first-order valence-corrected chi connectivity index (χ1v) is 7.81. The Kier molecular flexibility index (Phi) is 3.67. The zero-order chi connectivity index (χ0) is 17.2. The number of fused-ring (bicyclic) bond motifs is 3. The van der Waals surface area contributed by atoms with E-state index in [1.54, 1.807) is 12.3 Å². The number of phenols is 2. The summed E-state index contributed by atoms with van der Waals surface area (Å²) in [4.78, 5) is 4.65. The molecule has 0 atom stereocenters. The molecule has 0 aliphatic rings. The van der Waals surface area contributed by atoms with E-state index in [4.69, 9.17) is 0 Å². The highest BCUT2D eigenvalue weighted by Crippen LogP contribution is 2.29. The van der Waals surface area contributed by atoms with E-state index in [0.29, 0.717) is 11.4 Å². The maximum absolute atomic E-state index is 9.53. The summed E-state index contributed by atoms with van der Waals surface area (Å²) in [5, 5.41) is 26.3. The molecule has 122 valence electrons. The van der Waals surface area contributed by atoms with Gasteiger partial charge in [0.2, 0.25) is 0 Å². The molecule has 5 heteroatoms. The summed E-state index contributed by atoms with van der Waals surface area (Å²) in [6.45, 7) is 0. The Morgan fingerprint density at radius 3 is 2.32 bits per heavy atom. The molecule has 1 heterocycles. The molecular weight excluding hydrogens is 314 g/mol. The minimum absolute atomic E-state index is 0.160. The van der Waals surface area contributed by atoms with Gasteiger partial charge in [-0.25, -0.2) is 4.98 Å². The van der Waals surface area contributed by atoms with Crippen LogP contribution in [0.5, 0.6) is 11.5 Å². The molecule has 3 aromatic carbocycles. The van der Waals surface area contributed by atoms with Gasteiger partial charge in [0.25, 0.3) is 0 Å². The lowest BCUT2D eigenvalue weighted by atomic mass is 10.1. The fourth-order valence-corrected chi connectivity index (χ4v) is 2.78. The van der Waals surface area contributed by atoms with Crippen molar-refractivity contribution in [1.29, 1.82) is 0 Å². The Balaban J connectivity index is 1.73. The zero-order valence-electron chi connectivity index (χ0n) is 13.2. The summed E-state index contributed by atoms with van der Waals surface area (Å²) in [6.07, 6.45) is 1.56. The van der Waals surface area contributed by atoms with Crippen molar-refractivity contribution >= 4 is 33.7 Å². The van der Waals surface area contributed by atoms with Crippen molar-refractivity contribution in [2.24, 2.45) is 5.10 Å². The summed E-state index contributed by atoms with van der Waals surface area (Å²) in [5.74, 6) is 0.319. The van der Waals surface area contributed by atoms with Gasteiger partial charge in [-0.2, -0.15) is 5.10 Å². The monoisotopic (exact) mass is 329 g/mol. The van der Waals surface area contributed by atoms with Gasteiger partial charge in [-0.05, 0) is 35.2 Å². The number of aromatic hydroxyl groups is 2. The second-order valence-corrected chi connectivity index (χ2v) is 5.64. The van der Waals surface area contributed by atoms with Gasteiger partial charge < -0.3 is 10.2 Å². The third kappa shape index (κ3) is 2.83. The molecule has 25 heavy (non-hydrogen) atoms. The average Bonchev–Trinajstić information content (AvgIpc) is 2.65. The average molecular weight is 329 g/mol. The van der Waals surface area contributed by atoms with Crippen molar-refractivity contribution in [3.8, 4) is 11.5 Å². The van der Waals surface area contributed by atoms with Crippen molar-refractivity contribution in [3.63, 3.8) is 0 Å². The first-order valence-electron chi connectivity index (χ1n) is 7.81. The lowest BCUT2D eigenvalue weighted by Gasteiger charge is -2.08. The minimum Gasteiger partial charge on any atom is -0.504 e. The highest BCUT2D eigenvalue weighted by atomic mass is 16.3. The van der Waals surface area contributed by atoms with Crippen molar-refractivity contribution < 1.29 is 10.2 Å². The smallest absolute Gasteiger partial charge is 0.158 e. The van der Waals surface area contributed by atoms with Gasteiger partial charge in [0, 0.05) is 10.8 Å². The maximum atomic E-state index is 9.53. The van der Waals surface area contributed by atoms with E-state index in [1.807, 2.05) is 36.4 Å². The second kappa shape index (κ2) is 6.13. The number of anilines is 1. The van der Waals surface area contributed by atoms with Crippen LogP contribution in [0.25, 0.3) is 21.7 Å². The number of rotatable bonds is 3. The van der Waals surface area contributed by atoms with Crippen LogP contribution in [0.3, 0.4) is 0 Å². The quantitative estimate of drug-likeness (QED) is 0.227. The first-order chi connectivity index (χ1) is 12.2. The first kappa shape index (κ1) is 15.0. The summed E-state index contributed by atoms with van der Waals surface area (Å²) >= 11 is 0. The Morgan fingerprint density at radius 1 is 0.800 bits per heavy atom. The van der Waals surface area contributed by atoms with Crippen LogP contribution in [0.1, 0.15) is 5.56 Å². The van der Waals surface area contributed by atoms with Gasteiger partial charge in [-0.1, -0.05) is 42.5 Å². The molecule has 1 aromatic heterocycles. The molecule has 0 bridgehead atoms. The number of nitrogens with one attached hydrogen (secondary N) is 1. The van der Waals surface area contributed by atoms with E-state index in [2.05, 4.69) is 27.6 Å². The molecule has 0 aliphatic heterocycles. The molecule has 0 saturated carbocycles. The minimum atomic E-state index is -0.182. The van der Waals surface area contributed by atoms with Gasteiger partial charge in [0.05, 0.1) is 11.7 Å². The van der Waals surface area contributed by atoms with Gasteiger partial charge in [-0.3, -0.25) is 5.43 Å². The molecule has 4 aromatic rings. The molecule has 0 radical (unpaired) electrons. The van der Waals surface area contributed by atoms with Gasteiger partial charge in [0.15, 0.2) is 17.3 Å². The normalized spacial score (nSPS) is 11.4. The second-order valence-electron chi connectivity index (χ2n) is 5.64. The standard InChI is InChI=1S/C20H15N3O2/c24-18-10-9-13(11-19(18)25)12-21-23-20-16-7-2-1-5-14(16)15-6-3-4-8-17(15)22-20/h1-12,24-25H,(H,22,23)/b21-12+. The van der Waals surface area contributed by atoms with E-state index >= 15 is 0 Å². The predicted molar refractivity (Wildman–Crippen MR) is 100 cm³/mol. The third-order valence-electron chi connectivity index (χ3n) is 3.99. The van der Waals surface area contributed by atoms with E-state index in [-0.39, 0.29) is 11.5 Å². The van der Waals surface area contributed by atoms with Crippen molar-refractivity contribution in [3.05, 3.63) is 72.3 Å². The molecule has 0 fully saturated rings. The fraction of sp³-hybridized carbons (Fsp3) is 0. The van der Waals surface area contributed by atoms with Gasteiger partial charge in [0.1, 0.15) is 0 Å². The number of pyridine rings is 1. The molecule has 0 saturated heterocycles. The van der Waals surface area contributed by atoms with E-state index in [9.17, 15) is 10.2 Å². The molecule has 0 unspecified atom stereocenters. The van der Waals surface area contributed by atoms with Crippen LogP contribution in [0.15, 0.2) is 71.8 Å². The number of hydrogen-bond donors (Lipinski definition) is 3. The zero-order valence-corrected chi connectivity index (χ0v) is 13.2. The molecule has 0 spiro atoms. The van der Waals surface area contributed by atoms with Crippen LogP contribution in [0, 0.1) is 0 Å². The molecule has 4 rings (SSSR count). The Morgan fingerprint density at radius 2 is 1.52 bits per heavy atom. The summed E-state index contributed by atoms with van der Waals surface area (Å²) in [6, 6.07) is 20.5. The SMILES string of the molecule is Oc1ccc(/C=N/Nc2nc3ccccc3c3ccccc23)cc1O. The molecule has 5 nitrogen and oxygen atoms in total. The van der Waals surface area contributed by atoms with Gasteiger partial charge >= 0.3 is 0 Å². The van der Waals surface area contributed by atoms with Crippen LogP contribution in [-0.2, 0) is 0 Å². The molecule has 0 amide bonds. The Hall–Kier alpha value is -3.60. The highest BCUT2D eigenvalue weighted by Gasteiger charge is 2.06. The third-order valence-corrected chi connectivity index (χ3v) is 3.99. The molecule has 3 N–H and O–H groups in total. The predicted octanol–water partition coefficient (Wildman–Crippen LogP) is 4.25. The summed E-state index contributed by atoms with van der Waals surface area (Å²) in [5.41, 5.74) is 4.53. The largest absolute Gasteiger partial charge is 0.504 e. The van der Waals surface area contributed by atoms with E-state index in [1.165, 1.54) is 12.1 Å². The number of nitrogens with zero attached hydrogens (tertiary/aromatic N) is 2. The lowest BCUT2D eigenvalue weighted by molar-refractivity contribution is 0.403. The van der Waals surface area contributed by atoms with Gasteiger partial charge in [-0.15, -0.1) is 0 Å². The van der Waals surface area contributed by atoms with E-state index < -0.39 is 0 Å². The number of para-hydroxylation sites is 1. The van der Waals surface area contributed by atoms with Crippen LogP contribution < -0.4 is 5.43 Å².